The highest BCUT2D eigenvalue weighted by Gasteiger charge is 2.16. The van der Waals surface area contributed by atoms with Crippen molar-refractivity contribution >= 4 is 16.9 Å². The van der Waals surface area contributed by atoms with Crippen molar-refractivity contribution in [3.05, 3.63) is 47.5 Å². The number of ether oxygens (including phenoxy) is 1. The monoisotopic (exact) mass is 301 g/mol. The maximum Gasteiger partial charge on any atom is 0.407 e. The molecule has 0 spiro atoms. The molecule has 0 saturated heterocycles. The molecular formula is C18H23NO3. The first-order valence-electron chi connectivity index (χ1n) is 7.48. The van der Waals surface area contributed by atoms with E-state index in [0.29, 0.717) is 13.0 Å². The molecule has 0 unspecified atom stereocenters. The molecule has 4 nitrogen and oxygen atoms in total. The Labute approximate surface area is 131 Å². The van der Waals surface area contributed by atoms with Crippen LogP contribution in [0.5, 0.6) is 0 Å². The van der Waals surface area contributed by atoms with Gasteiger partial charge < -0.3 is 15.2 Å². The van der Waals surface area contributed by atoms with Crippen LogP contribution in [0, 0.1) is 0 Å². The van der Waals surface area contributed by atoms with Crippen LogP contribution in [-0.2, 0) is 17.7 Å². The quantitative estimate of drug-likeness (QED) is 0.910. The highest BCUT2D eigenvalue weighted by molar-refractivity contribution is 5.87. The Morgan fingerprint density at radius 1 is 1.18 bits per heavy atom. The third-order valence-corrected chi connectivity index (χ3v) is 3.33. The first-order chi connectivity index (χ1) is 10.4. The molecule has 0 radical (unpaired) electrons. The zero-order chi connectivity index (χ0) is 16.2. The molecule has 1 amide bonds. The minimum absolute atomic E-state index is 0.0811. The van der Waals surface area contributed by atoms with E-state index in [1.54, 1.807) is 0 Å². The summed E-state index contributed by atoms with van der Waals surface area (Å²) >= 11 is 0. The second kappa shape index (κ2) is 6.79. The van der Waals surface area contributed by atoms with Crippen LogP contribution >= 0.6 is 0 Å². The number of rotatable bonds is 4. The van der Waals surface area contributed by atoms with E-state index in [2.05, 4.69) is 5.32 Å². The molecule has 118 valence electrons. The molecule has 0 heterocycles. The SMILES string of the molecule is CC(C)(C)OC(=O)NCc1c(CCO)ccc2ccccc12. The summed E-state index contributed by atoms with van der Waals surface area (Å²) in [7, 11) is 0. The molecule has 0 aromatic heterocycles. The lowest BCUT2D eigenvalue weighted by atomic mass is 9.97. The van der Waals surface area contributed by atoms with Crippen molar-refractivity contribution in [1.82, 2.24) is 5.32 Å². The molecule has 0 aliphatic heterocycles. The number of hydrogen-bond donors (Lipinski definition) is 2. The summed E-state index contributed by atoms with van der Waals surface area (Å²) in [6.07, 6.45) is 0.131. The largest absolute Gasteiger partial charge is 0.444 e. The summed E-state index contributed by atoms with van der Waals surface area (Å²) in [4.78, 5) is 11.9. The summed E-state index contributed by atoms with van der Waals surface area (Å²) in [6, 6.07) is 12.1. The van der Waals surface area contributed by atoms with Gasteiger partial charge in [0.05, 0.1) is 0 Å². The number of carbonyl (C=O) groups excluding carboxylic acids is 1. The van der Waals surface area contributed by atoms with Gasteiger partial charge in [-0.1, -0.05) is 36.4 Å². The van der Waals surface area contributed by atoms with Crippen molar-refractivity contribution < 1.29 is 14.6 Å². The summed E-state index contributed by atoms with van der Waals surface area (Å²) in [5.74, 6) is 0. The lowest BCUT2D eigenvalue weighted by Crippen LogP contribution is -2.32. The fourth-order valence-corrected chi connectivity index (χ4v) is 2.42. The van der Waals surface area contributed by atoms with E-state index < -0.39 is 11.7 Å². The van der Waals surface area contributed by atoms with Gasteiger partial charge in [-0.3, -0.25) is 0 Å². The van der Waals surface area contributed by atoms with Crippen molar-refractivity contribution in [3.63, 3.8) is 0 Å². The van der Waals surface area contributed by atoms with Gasteiger partial charge in [0.1, 0.15) is 5.60 Å². The Balaban J connectivity index is 2.24. The molecule has 0 aliphatic rings. The average molecular weight is 301 g/mol. The van der Waals surface area contributed by atoms with Crippen LogP contribution in [0.25, 0.3) is 10.8 Å². The van der Waals surface area contributed by atoms with Gasteiger partial charge in [-0.2, -0.15) is 0 Å². The smallest absolute Gasteiger partial charge is 0.407 e. The number of nitrogens with one attached hydrogen (secondary N) is 1. The van der Waals surface area contributed by atoms with Crippen molar-refractivity contribution in [3.8, 4) is 0 Å². The molecule has 2 N–H and O–H groups in total. The van der Waals surface area contributed by atoms with Gasteiger partial charge in [-0.15, -0.1) is 0 Å². The number of carbonyl (C=O) groups is 1. The van der Waals surface area contributed by atoms with E-state index in [1.165, 1.54) is 0 Å². The van der Waals surface area contributed by atoms with Crippen LogP contribution < -0.4 is 5.32 Å². The van der Waals surface area contributed by atoms with E-state index in [9.17, 15) is 9.90 Å². The normalized spacial score (nSPS) is 11.5. The second-order valence-corrected chi connectivity index (χ2v) is 6.25. The molecule has 22 heavy (non-hydrogen) atoms. The van der Waals surface area contributed by atoms with Gasteiger partial charge in [0.25, 0.3) is 0 Å². The fourth-order valence-electron chi connectivity index (χ4n) is 2.42. The molecule has 0 saturated carbocycles. The Hall–Kier alpha value is -2.07. The molecular weight excluding hydrogens is 278 g/mol. The van der Waals surface area contributed by atoms with Gasteiger partial charge in [0.15, 0.2) is 0 Å². The molecule has 0 bridgehead atoms. The van der Waals surface area contributed by atoms with E-state index in [1.807, 2.05) is 57.2 Å². The number of fused-ring (bicyclic) bond motifs is 1. The van der Waals surface area contributed by atoms with Crippen LogP contribution in [-0.4, -0.2) is 23.4 Å². The third-order valence-electron chi connectivity index (χ3n) is 3.33. The number of hydrogen-bond acceptors (Lipinski definition) is 3. The zero-order valence-corrected chi connectivity index (χ0v) is 13.3. The van der Waals surface area contributed by atoms with Gasteiger partial charge in [-0.05, 0) is 49.1 Å². The minimum Gasteiger partial charge on any atom is -0.444 e. The Bertz CT molecular complexity index is 659. The number of aliphatic hydroxyl groups excluding tert-OH is 1. The van der Waals surface area contributed by atoms with E-state index >= 15 is 0 Å². The highest BCUT2D eigenvalue weighted by Crippen LogP contribution is 2.23. The molecule has 2 aromatic carbocycles. The Kier molecular flexibility index (Phi) is 5.03. The van der Waals surface area contributed by atoms with Gasteiger partial charge in [-0.25, -0.2) is 4.79 Å². The van der Waals surface area contributed by atoms with Gasteiger partial charge >= 0.3 is 6.09 Å². The lowest BCUT2D eigenvalue weighted by Gasteiger charge is -2.20. The average Bonchev–Trinajstić information content (AvgIpc) is 2.44. The van der Waals surface area contributed by atoms with Crippen LogP contribution in [0.2, 0.25) is 0 Å². The van der Waals surface area contributed by atoms with E-state index in [4.69, 9.17) is 4.74 Å². The predicted molar refractivity (Wildman–Crippen MR) is 87.8 cm³/mol. The Morgan fingerprint density at radius 3 is 2.59 bits per heavy atom. The maximum atomic E-state index is 11.9. The van der Waals surface area contributed by atoms with E-state index in [0.717, 1.165) is 21.9 Å². The van der Waals surface area contributed by atoms with Crippen LogP contribution in [0.3, 0.4) is 0 Å². The Morgan fingerprint density at radius 2 is 1.91 bits per heavy atom. The maximum absolute atomic E-state index is 11.9. The third kappa shape index (κ3) is 4.21. The van der Waals surface area contributed by atoms with Crippen LogP contribution in [0.4, 0.5) is 4.79 Å². The number of alkyl carbamates (subject to hydrolysis) is 1. The van der Waals surface area contributed by atoms with Crippen molar-refractivity contribution in [2.45, 2.75) is 39.3 Å². The summed E-state index contributed by atoms with van der Waals surface area (Å²) in [6.45, 7) is 5.97. The van der Waals surface area contributed by atoms with Crippen LogP contribution in [0.15, 0.2) is 36.4 Å². The summed E-state index contributed by atoms with van der Waals surface area (Å²) in [5.41, 5.74) is 1.55. The number of aliphatic hydroxyl groups is 1. The first-order valence-corrected chi connectivity index (χ1v) is 7.48. The minimum atomic E-state index is -0.517. The number of amides is 1. The van der Waals surface area contributed by atoms with Crippen molar-refractivity contribution in [2.24, 2.45) is 0 Å². The fraction of sp³-hybridized carbons (Fsp3) is 0.389. The molecule has 2 rings (SSSR count). The van der Waals surface area contributed by atoms with E-state index in [-0.39, 0.29) is 6.61 Å². The van der Waals surface area contributed by atoms with Crippen molar-refractivity contribution in [1.29, 1.82) is 0 Å². The first kappa shape index (κ1) is 16.3. The summed E-state index contributed by atoms with van der Waals surface area (Å²) in [5, 5.41) is 14.2. The number of benzene rings is 2. The van der Waals surface area contributed by atoms with Gasteiger partial charge in [0, 0.05) is 13.2 Å². The van der Waals surface area contributed by atoms with Gasteiger partial charge in [0.2, 0.25) is 0 Å². The molecule has 4 heteroatoms. The zero-order valence-electron chi connectivity index (χ0n) is 13.3. The topological polar surface area (TPSA) is 58.6 Å². The second-order valence-electron chi connectivity index (χ2n) is 6.25. The molecule has 2 aromatic rings. The van der Waals surface area contributed by atoms with Crippen LogP contribution in [0.1, 0.15) is 31.9 Å². The van der Waals surface area contributed by atoms with Crippen molar-refractivity contribution in [2.75, 3.05) is 6.61 Å². The lowest BCUT2D eigenvalue weighted by molar-refractivity contribution is 0.0523. The molecule has 0 fully saturated rings. The molecule has 0 aliphatic carbocycles. The highest BCUT2D eigenvalue weighted by atomic mass is 16.6. The summed E-state index contributed by atoms with van der Waals surface area (Å²) < 4.78 is 5.27. The predicted octanol–water partition coefficient (Wildman–Crippen LogP) is 3.40. The standard InChI is InChI=1S/C18H23NO3/c1-18(2,3)22-17(21)19-12-16-14(10-11-20)9-8-13-6-4-5-7-15(13)16/h4-9,20H,10-12H2,1-3H3,(H,19,21). The molecule has 0 atom stereocenters.